The van der Waals surface area contributed by atoms with Crippen molar-refractivity contribution < 1.29 is 4.74 Å². The second kappa shape index (κ2) is 8.12. The molecule has 0 atom stereocenters. The lowest BCUT2D eigenvalue weighted by Gasteiger charge is -2.20. The summed E-state index contributed by atoms with van der Waals surface area (Å²) >= 11 is 1.72. The first kappa shape index (κ1) is 17.4. The summed E-state index contributed by atoms with van der Waals surface area (Å²) < 4.78 is 8.20. The third-order valence-corrected chi connectivity index (χ3v) is 6.15. The van der Waals surface area contributed by atoms with Crippen molar-refractivity contribution in [3.05, 3.63) is 48.3 Å². The number of nitrogens with zero attached hydrogens (tertiary/aromatic N) is 3. The molecular formula is C21H25N3OS. The van der Waals surface area contributed by atoms with Crippen LogP contribution in [0.2, 0.25) is 0 Å². The molecule has 0 bridgehead atoms. The normalized spacial score (nSPS) is 15.4. The third kappa shape index (κ3) is 3.73. The summed E-state index contributed by atoms with van der Waals surface area (Å²) in [5.74, 6) is 3.55. The van der Waals surface area contributed by atoms with Crippen LogP contribution in [-0.2, 0) is 7.05 Å². The molecule has 4 nitrogen and oxygen atoms in total. The minimum Gasteiger partial charge on any atom is -0.492 e. The molecule has 3 aromatic rings. The number of ether oxygens (including phenoxy) is 1. The number of thioether (sulfide) groups is 1. The molecule has 1 heterocycles. The molecule has 0 unspecified atom stereocenters. The third-order valence-electron chi connectivity index (χ3n) is 5.16. The van der Waals surface area contributed by atoms with Crippen LogP contribution in [0.5, 0.6) is 5.75 Å². The van der Waals surface area contributed by atoms with Crippen LogP contribution in [0, 0.1) is 0 Å². The van der Waals surface area contributed by atoms with Gasteiger partial charge in [-0.25, -0.2) is 0 Å². The van der Waals surface area contributed by atoms with E-state index >= 15 is 0 Å². The van der Waals surface area contributed by atoms with Crippen molar-refractivity contribution in [1.29, 1.82) is 0 Å². The second-order valence-corrected chi connectivity index (χ2v) is 7.97. The topological polar surface area (TPSA) is 39.9 Å². The Morgan fingerprint density at radius 3 is 2.73 bits per heavy atom. The first-order chi connectivity index (χ1) is 12.8. The van der Waals surface area contributed by atoms with Crippen LogP contribution in [0.1, 0.15) is 43.8 Å². The Kier molecular flexibility index (Phi) is 5.44. The molecule has 0 spiro atoms. The molecule has 0 N–H and O–H groups in total. The van der Waals surface area contributed by atoms with E-state index in [0.29, 0.717) is 12.5 Å². The van der Waals surface area contributed by atoms with Crippen molar-refractivity contribution in [3.8, 4) is 5.75 Å². The molecule has 0 aliphatic heterocycles. The van der Waals surface area contributed by atoms with Crippen molar-refractivity contribution in [1.82, 2.24) is 14.8 Å². The Labute approximate surface area is 159 Å². The minimum atomic E-state index is 0.586. The Morgan fingerprint density at radius 1 is 1.04 bits per heavy atom. The summed E-state index contributed by atoms with van der Waals surface area (Å²) in [7, 11) is 2.10. The highest BCUT2D eigenvalue weighted by molar-refractivity contribution is 7.99. The maximum atomic E-state index is 6.03. The number of hydrogen-bond acceptors (Lipinski definition) is 4. The fraction of sp³-hybridized carbons (Fsp3) is 0.429. The highest BCUT2D eigenvalue weighted by atomic mass is 32.2. The predicted molar refractivity (Wildman–Crippen MR) is 107 cm³/mol. The van der Waals surface area contributed by atoms with Crippen molar-refractivity contribution >= 4 is 22.5 Å². The molecule has 2 aromatic carbocycles. The maximum Gasteiger partial charge on any atom is 0.191 e. The molecule has 0 saturated heterocycles. The van der Waals surface area contributed by atoms with Gasteiger partial charge < -0.3 is 9.30 Å². The number of benzene rings is 2. The van der Waals surface area contributed by atoms with Gasteiger partial charge in [-0.3, -0.25) is 0 Å². The van der Waals surface area contributed by atoms with Crippen LogP contribution in [0.15, 0.2) is 47.6 Å². The second-order valence-electron chi connectivity index (χ2n) is 6.91. The molecule has 1 saturated carbocycles. The highest BCUT2D eigenvalue weighted by Crippen LogP contribution is 2.32. The van der Waals surface area contributed by atoms with Gasteiger partial charge in [0.25, 0.3) is 0 Å². The summed E-state index contributed by atoms with van der Waals surface area (Å²) in [5, 5.41) is 12.2. The number of hydrogen-bond donors (Lipinski definition) is 0. The fourth-order valence-electron chi connectivity index (χ4n) is 3.77. The zero-order valence-electron chi connectivity index (χ0n) is 15.2. The fourth-order valence-corrected chi connectivity index (χ4v) is 4.51. The minimum absolute atomic E-state index is 0.586. The van der Waals surface area contributed by atoms with E-state index in [-0.39, 0.29) is 0 Å². The van der Waals surface area contributed by atoms with Gasteiger partial charge >= 0.3 is 0 Å². The summed E-state index contributed by atoms with van der Waals surface area (Å²) in [5.41, 5.74) is 0. The van der Waals surface area contributed by atoms with Crippen LogP contribution in [-0.4, -0.2) is 27.1 Å². The lowest BCUT2D eigenvalue weighted by atomic mass is 9.89. The van der Waals surface area contributed by atoms with Crippen LogP contribution in [0.3, 0.4) is 0 Å². The summed E-state index contributed by atoms with van der Waals surface area (Å²) in [6.45, 7) is 0.657. The Hall–Kier alpha value is -2.01. The van der Waals surface area contributed by atoms with Crippen molar-refractivity contribution in [2.24, 2.45) is 7.05 Å². The number of aromatic nitrogens is 3. The van der Waals surface area contributed by atoms with Crippen molar-refractivity contribution in [2.75, 3.05) is 12.4 Å². The van der Waals surface area contributed by atoms with Crippen LogP contribution >= 0.6 is 11.8 Å². The van der Waals surface area contributed by atoms with E-state index in [1.807, 2.05) is 12.1 Å². The smallest absolute Gasteiger partial charge is 0.191 e. The SMILES string of the molecule is Cn1c(SCCOc2cccc3ccccc23)nnc1C1CCCCC1. The largest absolute Gasteiger partial charge is 0.492 e. The maximum absolute atomic E-state index is 6.03. The first-order valence-electron chi connectivity index (χ1n) is 9.45. The Balaban J connectivity index is 1.34. The highest BCUT2D eigenvalue weighted by Gasteiger charge is 2.21. The molecule has 0 radical (unpaired) electrons. The molecule has 26 heavy (non-hydrogen) atoms. The van der Waals surface area contributed by atoms with E-state index < -0.39 is 0 Å². The summed E-state index contributed by atoms with van der Waals surface area (Å²) in [4.78, 5) is 0. The summed E-state index contributed by atoms with van der Waals surface area (Å²) in [6.07, 6.45) is 6.50. The van der Waals surface area contributed by atoms with E-state index in [1.54, 1.807) is 11.8 Å². The molecule has 136 valence electrons. The van der Waals surface area contributed by atoms with E-state index in [4.69, 9.17) is 4.74 Å². The molecule has 4 rings (SSSR count). The average molecular weight is 368 g/mol. The van der Waals surface area contributed by atoms with Gasteiger partial charge in [-0.15, -0.1) is 10.2 Å². The Morgan fingerprint density at radius 2 is 1.85 bits per heavy atom. The lowest BCUT2D eigenvalue weighted by molar-refractivity contribution is 0.348. The van der Waals surface area contributed by atoms with E-state index in [2.05, 4.69) is 52.1 Å². The molecule has 5 heteroatoms. The van der Waals surface area contributed by atoms with Gasteiger partial charge in [0, 0.05) is 24.1 Å². The van der Waals surface area contributed by atoms with Crippen LogP contribution in [0.25, 0.3) is 10.8 Å². The van der Waals surface area contributed by atoms with Gasteiger partial charge in [-0.1, -0.05) is 67.4 Å². The zero-order chi connectivity index (χ0) is 17.8. The molecule has 0 amide bonds. The molecule has 1 fully saturated rings. The quantitative estimate of drug-likeness (QED) is 0.444. The van der Waals surface area contributed by atoms with Gasteiger partial charge in [0.1, 0.15) is 11.6 Å². The van der Waals surface area contributed by atoms with Crippen molar-refractivity contribution in [2.45, 2.75) is 43.2 Å². The van der Waals surface area contributed by atoms with E-state index in [0.717, 1.165) is 22.5 Å². The van der Waals surface area contributed by atoms with Crippen molar-refractivity contribution in [3.63, 3.8) is 0 Å². The van der Waals surface area contributed by atoms with Gasteiger partial charge in [0.2, 0.25) is 0 Å². The summed E-state index contributed by atoms with van der Waals surface area (Å²) in [6, 6.07) is 14.5. The predicted octanol–water partition coefficient (Wildman–Crippen LogP) is 5.19. The molecule has 1 aromatic heterocycles. The van der Waals surface area contributed by atoms with Gasteiger partial charge in [-0.2, -0.15) is 0 Å². The van der Waals surface area contributed by atoms with Crippen LogP contribution in [0.4, 0.5) is 0 Å². The molecular weight excluding hydrogens is 342 g/mol. The zero-order valence-corrected chi connectivity index (χ0v) is 16.0. The standard InChI is InChI=1S/C21H25N3OS/c1-24-20(17-9-3-2-4-10-17)22-23-21(24)26-15-14-25-19-13-7-11-16-8-5-6-12-18(16)19/h5-8,11-13,17H,2-4,9-10,14-15H2,1H3. The van der Waals surface area contributed by atoms with Gasteiger partial charge in [0.15, 0.2) is 5.16 Å². The number of fused-ring (bicyclic) bond motifs is 1. The molecule has 1 aliphatic rings. The van der Waals surface area contributed by atoms with Gasteiger partial charge in [0.05, 0.1) is 6.61 Å². The van der Waals surface area contributed by atoms with E-state index in [1.165, 1.54) is 42.9 Å². The monoisotopic (exact) mass is 367 g/mol. The van der Waals surface area contributed by atoms with E-state index in [9.17, 15) is 0 Å². The molecule has 1 aliphatic carbocycles. The number of rotatable bonds is 6. The average Bonchev–Trinajstić information content (AvgIpc) is 3.06. The first-order valence-corrected chi connectivity index (χ1v) is 10.4. The Bertz CT molecular complexity index is 865. The van der Waals surface area contributed by atoms with Gasteiger partial charge in [-0.05, 0) is 24.3 Å². The lowest BCUT2D eigenvalue weighted by Crippen LogP contribution is -2.10. The van der Waals surface area contributed by atoms with Crippen LogP contribution < -0.4 is 4.74 Å².